The van der Waals surface area contributed by atoms with Gasteiger partial charge in [0.25, 0.3) is 0 Å². The maximum absolute atomic E-state index is 13.2. The molecule has 0 aliphatic heterocycles. The fourth-order valence-electron chi connectivity index (χ4n) is 1.65. The van der Waals surface area contributed by atoms with Gasteiger partial charge in [-0.3, -0.25) is 0 Å². The molecule has 0 atom stereocenters. The van der Waals surface area contributed by atoms with Crippen molar-refractivity contribution < 1.29 is 18.7 Å². The molecule has 2 rings (SSSR count). The summed E-state index contributed by atoms with van der Waals surface area (Å²) >= 11 is 0. The van der Waals surface area contributed by atoms with Crippen LogP contribution < -0.4 is 11.1 Å². The average Bonchev–Trinajstić information content (AvgIpc) is 2.33. The molecule has 0 heterocycles. The second-order valence-electron chi connectivity index (χ2n) is 3.82. The van der Waals surface area contributed by atoms with Crippen molar-refractivity contribution >= 4 is 23.0 Å². The number of halogens is 2. The van der Waals surface area contributed by atoms with E-state index in [1.165, 1.54) is 24.3 Å². The van der Waals surface area contributed by atoms with Crippen LogP contribution in [0.5, 0.6) is 0 Å². The van der Waals surface area contributed by atoms with Crippen molar-refractivity contribution in [2.24, 2.45) is 0 Å². The highest BCUT2D eigenvalue weighted by Crippen LogP contribution is 2.28. The lowest BCUT2D eigenvalue weighted by atomic mass is 10.1. The van der Waals surface area contributed by atoms with E-state index in [0.29, 0.717) is 5.69 Å². The summed E-state index contributed by atoms with van der Waals surface area (Å²) in [5, 5.41) is 11.7. The van der Waals surface area contributed by atoms with E-state index < -0.39 is 23.3 Å². The number of hydrogen-bond donors (Lipinski definition) is 3. The monoisotopic (exact) mass is 264 g/mol. The molecule has 0 bridgehead atoms. The first kappa shape index (κ1) is 12.8. The summed E-state index contributed by atoms with van der Waals surface area (Å²) in [4.78, 5) is 11.1. The van der Waals surface area contributed by atoms with E-state index in [1.807, 2.05) is 0 Å². The lowest BCUT2D eigenvalue weighted by Gasteiger charge is -2.12. The van der Waals surface area contributed by atoms with Gasteiger partial charge in [0.05, 0.1) is 11.4 Å². The van der Waals surface area contributed by atoms with Gasteiger partial charge in [0.15, 0.2) is 0 Å². The largest absolute Gasteiger partial charge is 0.478 e. The van der Waals surface area contributed by atoms with E-state index in [9.17, 15) is 13.6 Å². The molecule has 0 fully saturated rings. The van der Waals surface area contributed by atoms with Crippen LogP contribution in [0.2, 0.25) is 0 Å². The van der Waals surface area contributed by atoms with E-state index in [2.05, 4.69) is 5.32 Å². The van der Waals surface area contributed by atoms with Crippen molar-refractivity contribution in [1.29, 1.82) is 0 Å². The van der Waals surface area contributed by atoms with Crippen LogP contribution in [-0.4, -0.2) is 11.1 Å². The number of carboxylic acids is 1. The summed E-state index contributed by atoms with van der Waals surface area (Å²) in [6, 6.07) is 7.73. The van der Waals surface area contributed by atoms with Crippen LogP contribution in [0.4, 0.5) is 25.8 Å². The molecule has 0 aliphatic rings. The Morgan fingerprint density at radius 2 is 1.95 bits per heavy atom. The van der Waals surface area contributed by atoms with E-state index in [4.69, 9.17) is 10.8 Å². The van der Waals surface area contributed by atoms with E-state index in [-0.39, 0.29) is 11.3 Å². The Labute approximate surface area is 107 Å². The molecule has 4 nitrogen and oxygen atoms in total. The minimum atomic E-state index is -1.36. The van der Waals surface area contributed by atoms with Crippen LogP contribution in [0.1, 0.15) is 10.4 Å². The fourth-order valence-corrected chi connectivity index (χ4v) is 1.65. The van der Waals surface area contributed by atoms with Gasteiger partial charge in [0.1, 0.15) is 17.2 Å². The third kappa shape index (κ3) is 2.62. The highest BCUT2D eigenvalue weighted by molar-refractivity contribution is 6.00. The third-order valence-electron chi connectivity index (χ3n) is 2.51. The number of hydrogen-bond acceptors (Lipinski definition) is 3. The molecule has 0 saturated carbocycles. The number of rotatable bonds is 3. The standard InChI is InChI=1S/C13H10F2N2O2/c14-7-2-1-3-8(6-7)17-10-5-4-9(15)12(16)11(10)13(18)19/h1-6,17H,16H2,(H,18,19). The highest BCUT2D eigenvalue weighted by Gasteiger charge is 2.17. The molecule has 0 aromatic heterocycles. The molecule has 0 radical (unpaired) electrons. The molecule has 0 saturated heterocycles. The highest BCUT2D eigenvalue weighted by atomic mass is 19.1. The van der Waals surface area contributed by atoms with Crippen molar-refractivity contribution in [3.05, 3.63) is 53.6 Å². The van der Waals surface area contributed by atoms with E-state index in [1.54, 1.807) is 6.07 Å². The molecule has 2 aromatic carbocycles. The Morgan fingerprint density at radius 1 is 1.21 bits per heavy atom. The van der Waals surface area contributed by atoms with Crippen molar-refractivity contribution in [2.75, 3.05) is 11.1 Å². The zero-order valence-corrected chi connectivity index (χ0v) is 9.65. The Morgan fingerprint density at radius 3 is 2.58 bits per heavy atom. The number of aromatic carboxylic acids is 1. The fraction of sp³-hybridized carbons (Fsp3) is 0. The van der Waals surface area contributed by atoms with Crippen LogP contribution in [-0.2, 0) is 0 Å². The van der Waals surface area contributed by atoms with Crippen LogP contribution in [0.15, 0.2) is 36.4 Å². The number of anilines is 3. The smallest absolute Gasteiger partial charge is 0.340 e. The zero-order chi connectivity index (χ0) is 14.0. The Hall–Kier alpha value is -2.63. The minimum Gasteiger partial charge on any atom is -0.478 e. The van der Waals surface area contributed by atoms with Gasteiger partial charge in [-0.2, -0.15) is 0 Å². The summed E-state index contributed by atoms with van der Waals surface area (Å²) in [5.74, 6) is -2.66. The number of carbonyl (C=O) groups is 1. The maximum atomic E-state index is 13.2. The quantitative estimate of drug-likeness (QED) is 0.745. The first-order valence-corrected chi connectivity index (χ1v) is 5.33. The molecule has 6 heteroatoms. The Balaban J connectivity index is 2.46. The maximum Gasteiger partial charge on any atom is 0.340 e. The molecule has 98 valence electrons. The van der Waals surface area contributed by atoms with E-state index in [0.717, 1.165) is 6.07 Å². The van der Waals surface area contributed by atoms with Gasteiger partial charge in [0, 0.05) is 5.69 Å². The molecule has 4 N–H and O–H groups in total. The predicted molar refractivity (Wildman–Crippen MR) is 67.5 cm³/mol. The summed E-state index contributed by atoms with van der Waals surface area (Å²) in [6.45, 7) is 0. The Kier molecular flexibility index (Phi) is 3.33. The molecule has 0 unspecified atom stereocenters. The molecule has 2 aromatic rings. The van der Waals surface area contributed by atoms with Crippen LogP contribution in [0.3, 0.4) is 0 Å². The molecule has 0 spiro atoms. The van der Waals surface area contributed by atoms with E-state index >= 15 is 0 Å². The molecule has 0 amide bonds. The number of nitrogens with one attached hydrogen (secondary N) is 1. The normalized spacial score (nSPS) is 10.2. The zero-order valence-electron chi connectivity index (χ0n) is 9.65. The van der Waals surface area contributed by atoms with Gasteiger partial charge in [-0.05, 0) is 30.3 Å². The van der Waals surface area contributed by atoms with Crippen LogP contribution in [0, 0.1) is 11.6 Å². The molecular weight excluding hydrogens is 254 g/mol. The number of nitrogens with two attached hydrogens (primary N) is 1. The van der Waals surface area contributed by atoms with Crippen molar-refractivity contribution in [1.82, 2.24) is 0 Å². The van der Waals surface area contributed by atoms with Crippen molar-refractivity contribution in [3.8, 4) is 0 Å². The predicted octanol–water partition coefficient (Wildman–Crippen LogP) is 2.99. The second kappa shape index (κ2) is 4.93. The van der Waals surface area contributed by atoms with Gasteiger partial charge in [-0.1, -0.05) is 6.07 Å². The summed E-state index contributed by atoms with van der Waals surface area (Å²) in [7, 11) is 0. The summed E-state index contributed by atoms with van der Waals surface area (Å²) < 4.78 is 26.3. The van der Waals surface area contributed by atoms with Gasteiger partial charge in [-0.15, -0.1) is 0 Å². The SMILES string of the molecule is Nc1c(F)ccc(Nc2cccc(F)c2)c1C(=O)O. The lowest BCUT2D eigenvalue weighted by Crippen LogP contribution is -2.08. The number of carboxylic acid groups (broad SMARTS) is 1. The van der Waals surface area contributed by atoms with Crippen LogP contribution >= 0.6 is 0 Å². The lowest BCUT2D eigenvalue weighted by molar-refractivity contribution is 0.0698. The van der Waals surface area contributed by atoms with Gasteiger partial charge in [-0.25, -0.2) is 13.6 Å². The first-order valence-electron chi connectivity index (χ1n) is 5.33. The molecule has 19 heavy (non-hydrogen) atoms. The minimum absolute atomic E-state index is 0.0944. The topological polar surface area (TPSA) is 75.3 Å². The molecular formula is C13H10F2N2O2. The molecule has 0 aliphatic carbocycles. The van der Waals surface area contributed by atoms with Gasteiger partial charge in [0.2, 0.25) is 0 Å². The van der Waals surface area contributed by atoms with Crippen LogP contribution in [0.25, 0.3) is 0 Å². The third-order valence-corrected chi connectivity index (χ3v) is 2.51. The summed E-state index contributed by atoms with van der Waals surface area (Å²) in [6.07, 6.45) is 0. The average molecular weight is 264 g/mol. The number of benzene rings is 2. The van der Waals surface area contributed by atoms with Gasteiger partial charge >= 0.3 is 5.97 Å². The van der Waals surface area contributed by atoms with Gasteiger partial charge < -0.3 is 16.2 Å². The van der Waals surface area contributed by atoms with Crippen molar-refractivity contribution in [2.45, 2.75) is 0 Å². The second-order valence-corrected chi connectivity index (χ2v) is 3.82. The number of nitrogen functional groups attached to an aromatic ring is 1. The van der Waals surface area contributed by atoms with Crippen molar-refractivity contribution in [3.63, 3.8) is 0 Å². The summed E-state index contributed by atoms with van der Waals surface area (Å²) in [5.41, 5.74) is 4.98. The Bertz CT molecular complexity index is 645. The first-order chi connectivity index (χ1) is 8.99.